The Bertz CT molecular complexity index is 1810. The van der Waals surface area contributed by atoms with E-state index in [4.69, 9.17) is 4.74 Å². The van der Waals surface area contributed by atoms with E-state index in [1.165, 1.54) is 93.8 Å². The second-order valence-electron chi connectivity index (χ2n) is 23.0. The van der Waals surface area contributed by atoms with E-state index in [9.17, 15) is 14.3 Å². The number of esters is 1. The number of rotatable bonds is 12. The van der Waals surface area contributed by atoms with Gasteiger partial charge in [0, 0.05) is 5.54 Å². The number of halogens is 1. The average molecular weight is 794 g/mol. The maximum absolute atomic E-state index is 14.8. The highest BCUT2D eigenvalue weighted by atomic mass is 19.1. The van der Waals surface area contributed by atoms with Gasteiger partial charge in [-0.1, -0.05) is 89.3 Å². The van der Waals surface area contributed by atoms with Crippen LogP contribution in [0.5, 0.6) is 0 Å². The SMILES string of the molecule is C=C(C)C1CCC2(NCCC(O)(C3CC3)C3CC3)CCC3(C)C(CCC4C5(C)CC=C(C6=CCC(CF)(C(=O)OCc7ccccc7)CC6)C(C)(C)C5CCC43C)C12. The molecule has 8 aliphatic rings. The fraction of sp³-hybridized carbons (Fsp3) is 0.755. The van der Waals surface area contributed by atoms with Crippen molar-refractivity contribution in [3.05, 3.63) is 71.3 Å². The van der Waals surface area contributed by atoms with Gasteiger partial charge in [0.25, 0.3) is 0 Å². The van der Waals surface area contributed by atoms with Gasteiger partial charge in [-0.25, -0.2) is 4.39 Å². The Labute approximate surface area is 350 Å². The number of carbonyl (C=O) groups is 1. The van der Waals surface area contributed by atoms with E-state index in [1.807, 2.05) is 30.3 Å². The van der Waals surface area contributed by atoms with Gasteiger partial charge in [-0.05, 0) is 202 Å². The Hall–Kier alpha value is -2.24. The number of hydrogen-bond acceptors (Lipinski definition) is 4. The molecule has 0 amide bonds. The van der Waals surface area contributed by atoms with Gasteiger partial charge >= 0.3 is 5.97 Å². The van der Waals surface area contributed by atoms with Crippen molar-refractivity contribution >= 4 is 5.97 Å². The minimum Gasteiger partial charge on any atom is -0.460 e. The van der Waals surface area contributed by atoms with Crippen LogP contribution < -0.4 is 5.32 Å². The summed E-state index contributed by atoms with van der Waals surface area (Å²) in [6.45, 7) is 20.6. The maximum atomic E-state index is 14.8. The first-order valence-electron chi connectivity index (χ1n) is 23.9. The monoisotopic (exact) mass is 794 g/mol. The Morgan fingerprint density at radius 3 is 2.22 bits per heavy atom. The highest BCUT2D eigenvalue weighted by Crippen LogP contribution is 2.76. The molecule has 0 radical (unpaired) electrons. The Kier molecular flexibility index (Phi) is 10.2. The molecule has 58 heavy (non-hydrogen) atoms. The van der Waals surface area contributed by atoms with Crippen molar-refractivity contribution in [2.75, 3.05) is 13.2 Å². The molecule has 0 spiro atoms. The molecule has 10 unspecified atom stereocenters. The highest BCUT2D eigenvalue weighted by Gasteiger charge is 2.70. The summed E-state index contributed by atoms with van der Waals surface area (Å²) in [6.07, 6.45) is 23.6. The lowest BCUT2D eigenvalue weighted by Crippen LogP contribution is -2.68. The van der Waals surface area contributed by atoms with E-state index in [1.54, 1.807) is 0 Å². The van der Waals surface area contributed by atoms with E-state index >= 15 is 0 Å². The molecule has 318 valence electrons. The lowest BCUT2D eigenvalue weighted by atomic mass is 9.33. The predicted octanol–water partition coefficient (Wildman–Crippen LogP) is 12.3. The van der Waals surface area contributed by atoms with Gasteiger partial charge in [-0.3, -0.25) is 4.79 Å². The lowest BCUT2D eigenvalue weighted by Gasteiger charge is -2.72. The molecule has 2 N–H and O–H groups in total. The van der Waals surface area contributed by atoms with Crippen molar-refractivity contribution in [3.8, 4) is 0 Å². The molecule has 6 saturated carbocycles. The normalized spacial score (nSPS) is 41.9. The number of allylic oxidation sites excluding steroid dienone is 5. The predicted molar refractivity (Wildman–Crippen MR) is 232 cm³/mol. The molecular formula is C53H76FNO3. The second-order valence-corrected chi connectivity index (χ2v) is 23.0. The van der Waals surface area contributed by atoms with E-state index in [0.717, 1.165) is 31.4 Å². The molecule has 6 fully saturated rings. The zero-order valence-electron chi connectivity index (χ0n) is 37.1. The van der Waals surface area contributed by atoms with E-state index in [-0.39, 0.29) is 33.8 Å². The largest absolute Gasteiger partial charge is 0.460 e. The fourth-order valence-corrected chi connectivity index (χ4v) is 16.4. The molecule has 0 heterocycles. The quantitative estimate of drug-likeness (QED) is 0.163. The second kappa shape index (κ2) is 14.4. The Morgan fingerprint density at radius 2 is 1.59 bits per heavy atom. The van der Waals surface area contributed by atoms with Crippen molar-refractivity contribution < 1.29 is 19.0 Å². The molecule has 0 aromatic heterocycles. The van der Waals surface area contributed by atoms with Crippen LogP contribution in [0.2, 0.25) is 0 Å². The summed E-state index contributed by atoms with van der Waals surface area (Å²) in [5.74, 6) is 3.84. The summed E-state index contributed by atoms with van der Waals surface area (Å²) in [6, 6.07) is 9.71. The standard InChI is InChI=1S/C53H76FNO3/c1-35(2)40-21-28-52(55-32-31-53(57,38-13-14-38)39-15-16-39)30-29-49(6)42(45(40)52)17-18-44-48(5)24-22-41(47(3,4)43(48)23-25-50(44,49)7)37-19-26-51(34-54,27-20-37)46(56)58-33-36-11-9-8-10-12-36/h8-12,19,22,38-40,42-45,55,57H,1,13-18,20-21,23-34H2,2-7H3. The van der Waals surface area contributed by atoms with Gasteiger partial charge in [0.1, 0.15) is 13.3 Å². The van der Waals surface area contributed by atoms with Crippen molar-refractivity contribution in [2.24, 2.45) is 68.5 Å². The molecule has 1 aromatic rings. The summed E-state index contributed by atoms with van der Waals surface area (Å²) >= 11 is 0. The smallest absolute Gasteiger partial charge is 0.315 e. The fourth-order valence-electron chi connectivity index (χ4n) is 16.4. The number of hydrogen-bond donors (Lipinski definition) is 2. The molecule has 9 rings (SSSR count). The summed E-state index contributed by atoms with van der Waals surface area (Å²) in [4.78, 5) is 13.4. The highest BCUT2D eigenvalue weighted by molar-refractivity contribution is 5.78. The minimum absolute atomic E-state index is 0.00640. The molecule has 0 aliphatic heterocycles. The third-order valence-electron chi connectivity index (χ3n) is 20.1. The Morgan fingerprint density at radius 1 is 0.862 bits per heavy atom. The molecule has 5 heteroatoms. The van der Waals surface area contributed by atoms with Gasteiger partial charge in [-0.15, -0.1) is 0 Å². The van der Waals surface area contributed by atoms with Crippen LogP contribution in [0.3, 0.4) is 0 Å². The molecule has 0 bridgehead atoms. The zero-order valence-corrected chi connectivity index (χ0v) is 37.1. The first-order chi connectivity index (χ1) is 27.6. The van der Waals surface area contributed by atoms with E-state index in [0.29, 0.717) is 54.3 Å². The van der Waals surface area contributed by atoms with E-state index < -0.39 is 23.7 Å². The number of alkyl halides is 1. The van der Waals surface area contributed by atoms with Crippen LogP contribution in [0.15, 0.2) is 65.8 Å². The van der Waals surface area contributed by atoms with Crippen molar-refractivity contribution in [1.82, 2.24) is 5.32 Å². The number of nitrogens with one attached hydrogen (secondary N) is 1. The number of ether oxygens (including phenoxy) is 1. The molecule has 0 saturated heterocycles. The van der Waals surface area contributed by atoms with Gasteiger partial charge in [-0.2, -0.15) is 0 Å². The van der Waals surface area contributed by atoms with Crippen LogP contribution in [0.1, 0.15) is 156 Å². The summed E-state index contributed by atoms with van der Waals surface area (Å²) in [5.41, 5.74) is 4.57. The van der Waals surface area contributed by atoms with Gasteiger partial charge in [0.15, 0.2) is 0 Å². The first-order valence-corrected chi connectivity index (χ1v) is 23.9. The lowest BCUT2D eigenvalue weighted by molar-refractivity contribution is -0.221. The molecular weight excluding hydrogens is 718 g/mol. The van der Waals surface area contributed by atoms with Crippen LogP contribution >= 0.6 is 0 Å². The van der Waals surface area contributed by atoms with Crippen LogP contribution in [0.4, 0.5) is 4.39 Å². The number of benzene rings is 1. The van der Waals surface area contributed by atoms with Gasteiger partial charge in [0.05, 0.1) is 11.0 Å². The van der Waals surface area contributed by atoms with Crippen LogP contribution in [0, 0.1) is 68.5 Å². The van der Waals surface area contributed by atoms with Crippen LogP contribution in [-0.4, -0.2) is 35.4 Å². The van der Waals surface area contributed by atoms with Gasteiger partial charge < -0.3 is 15.2 Å². The minimum atomic E-state index is -1.08. The average Bonchev–Trinajstić information content (AvgIpc) is 4.15. The van der Waals surface area contributed by atoms with Crippen molar-refractivity contribution in [2.45, 2.75) is 168 Å². The molecule has 8 aliphatic carbocycles. The zero-order chi connectivity index (χ0) is 40.9. The summed E-state index contributed by atoms with van der Waals surface area (Å²) < 4.78 is 20.5. The van der Waals surface area contributed by atoms with Crippen molar-refractivity contribution in [1.29, 1.82) is 0 Å². The molecule has 10 atom stereocenters. The van der Waals surface area contributed by atoms with Crippen LogP contribution in [0.25, 0.3) is 0 Å². The molecule has 4 nitrogen and oxygen atoms in total. The summed E-state index contributed by atoms with van der Waals surface area (Å²) in [7, 11) is 0. The third-order valence-corrected chi connectivity index (χ3v) is 20.1. The van der Waals surface area contributed by atoms with Crippen LogP contribution in [-0.2, 0) is 16.1 Å². The molecule has 1 aromatic carbocycles. The van der Waals surface area contributed by atoms with E-state index in [2.05, 4.69) is 65.6 Å². The first kappa shape index (κ1) is 41.1. The number of carbonyl (C=O) groups excluding carboxylic acids is 1. The number of aliphatic hydroxyl groups is 1. The van der Waals surface area contributed by atoms with Gasteiger partial charge in [0.2, 0.25) is 0 Å². The maximum Gasteiger partial charge on any atom is 0.315 e. The number of fused-ring (bicyclic) bond motifs is 7. The summed E-state index contributed by atoms with van der Waals surface area (Å²) in [5, 5.41) is 16.2. The Balaban J connectivity index is 0.933. The third kappa shape index (κ3) is 6.25. The van der Waals surface area contributed by atoms with Crippen molar-refractivity contribution in [3.63, 3.8) is 0 Å². The topological polar surface area (TPSA) is 58.6 Å².